The third kappa shape index (κ3) is 1.31. The molecule has 0 amide bonds. The van der Waals surface area contributed by atoms with E-state index in [1.54, 1.807) is 12.1 Å². The van der Waals surface area contributed by atoms with Crippen LogP contribution in [-0.2, 0) is 0 Å². The monoisotopic (exact) mass is 220 g/mol. The van der Waals surface area contributed by atoms with E-state index in [0.717, 1.165) is 16.2 Å². The highest BCUT2D eigenvalue weighted by Gasteiger charge is 2.12. The van der Waals surface area contributed by atoms with Crippen LogP contribution in [0.4, 0.5) is 0 Å². The predicted molar refractivity (Wildman–Crippen MR) is 65.1 cm³/mol. The SMILES string of the molecule is N#Cc1ccc2ccc3ccccc3c2[n+]1[O-]. The zero-order valence-electron chi connectivity index (χ0n) is 8.92. The first-order chi connectivity index (χ1) is 8.31. The highest BCUT2D eigenvalue weighted by molar-refractivity contribution is 6.03. The molecule has 17 heavy (non-hydrogen) atoms. The second-order valence-corrected chi connectivity index (χ2v) is 3.85. The molecule has 3 nitrogen and oxygen atoms in total. The number of hydrogen-bond donors (Lipinski definition) is 0. The molecule has 3 heteroatoms. The van der Waals surface area contributed by atoms with Crippen LogP contribution < -0.4 is 4.73 Å². The second-order valence-electron chi connectivity index (χ2n) is 3.85. The molecule has 0 saturated carbocycles. The minimum Gasteiger partial charge on any atom is -0.617 e. The molecule has 80 valence electrons. The summed E-state index contributed by atoms with van der Waals surface area (Å²) in [6.07, 6.45) is 0. The van der Waals surface area contributed by atoms with Gasteiger partial charge in [-0.25, -0.2) is 0 Å². The molecule has 0 fully saturated rings. The Balaban J connectivity index is 2.60. The summed E-state index contributed by atoms with van der Waals surface area (Å²) in [5.41, 5.74) is 0.677. The van der Waals surface area contributed by atoms with E-state index in [1.807, 2.05) is 42.5 Å². The number of nitrogens with zero attached hydrogens (tertiary/aromatic N) is 2. The molecule has 3 aromatic rings. The minimum atomic E-state index is 0.119. The van der Waals surface area contributed by atoms with E-state index in [2.05, 4.69) is 0 Å². The minimum absolute atomic E-state index is 0.119. The van der Waals surface area contributed by atoms with E-state index >= 15 is 0 Å². The summed E-state index contributed by atoms with van der Waals surface area (Å²) in [6.45, 7) is 0. The summed E-state index contributed by atoms with van der Waals surface area (Å²) in [7, 11) is 0. The van der Waals surface area contributed by atoms with Gasteiger partial charge in [-0.3, -0.25) is 0 Å². The lowest BCUT2D eigenvalue weighted by Gasteiger charge is -2.05. The second kappa shape index (κ2) is 3.46. The quantitative estimate of drug-likeness (QED) is 0.332. The van der Waals surface area contributed by atoms with Crippen molar-refractivity contribution in [2.75, 3.05) is 0 Å². The van der Waals surface area contributed by atoms with Gasteiger partial charge in [-0.1, -0.05) is 24.3 Å². The molecular weight excluding hydrogens is 212 g/mol. The van der Waals surface area contributed by atoms with Crippen LogP contribution in [0.2, 0.25) is 0 Å². The van der Waals surface area contributed by atoms with Crippen LogP contribution in [0.15, 0.2) is 48.5 Å². The van der Waals surface area contributed by atoms with Gasteiger partial charge in [-0.15, -0.1) is 0 Å². The average Bonchev–Trinajstić information content (AvgIpc) is 2.38. The summed E-state index contributed by atoms with van der Waals surface area (Å²) in [5, 5.41) is 23.7. The Morgan fingerprint density at radius 1 is 0.941 bits per heavy atom. The third-order valence-electron chi connectivity index (χ3n) is 2.89. The number of benzene rings is 2. The number of rotatable bonds is 0. The van der Waals surface area contributed by atoms with Crippen LogP contribution in [0.5, 0.6) is 0 Å². The first-order valence-electron chi connectivity index (χ1n) is 5.25. The molecule has 0 radical (unpaired) electrons. The number of nitriles is 1. The maximum atomic E-state index is 12.1. The largest absolute Gasteiger partial charge is 0.617 e. The van der Waals surface area contributed by atoms with Crippen LogP contribution in [-0.4, -0.2) is 0 Å². The van der Waals surface area contributed by atoms with Crippen molar-refractivity contribution in [2.24, 2.45) is 0 Å². The predicted octanol–water partition coefficient (Wildman–Crippen LogP) is 2.50. The van der Waals surface area contributed by atoms with Gasteiger partial charge in [0.25, 0.3) is 5.69 Å². The van der Waals surface area contributed by atoms with Gasteiger partial charge in [-0.2, -0.15) is 9.99 Å². The Labute approximate surface area is 97.7 Å². The summed E-state index contributed by atoms with van der Waals surface area (Å²) < 4.78 is 0.706. The Morgan fingerprint density at radius 3 is 2.47 bits per heavy atom. The molecule has 2 aromatic carbocycles. The van der Waals surface area contributed by atoms with Gasteiger partial charge < -0.3 is 5.21 Å². The normalized spacial score (nSPS) is 10.5. The van der Waals surface area contributed by atoms with Crippen LogP contribution in [0.1, 0.15) is 5.69 Å². The Bertz CT molecular complexity index is 772. The van der Waals surface area contributed by atoms with E-state index in [0.29, 0.717) is 10.2 Å². The fourth-order valence-electron chi connectivity index (χ4n) is 2.07. The molecule has 3 rings (SSSR count). The summed E-state index contributed by atoms with van der Waals surface area (Å²) in [4.78, 5) is 0. The Kier molecular flexibility index (Phi) is 1.96. The standard InChI is InChI=1S/C14H8N2O/c15-9-12-8-7-11-6-5-10-3-1-2-4-13(10)14(11)16(12)17/h1-8H. The molecule has 0 spiro atoms. The van der Waals surface area contributed by atoms with Crippen molar-refractivity contribution in [1.82, 2.24) is 0 Å². The van der Waals surface area contributed by atoms with E-state index in [4.69, 9.17) is 5.26 Å². The summed E-state index contributed by atoms with van der Waals surface area (Å²) in [5.74, 6) is 0. The maximum Gasteiger partial charge on any atom is 0.295 e. The number of hydrogen-bond acceptors (Lipinski definition) is 2. The van der Waals surface area contributed by atoms with Crippen molar-refractivity contribution in [3.8, 4) is 6.07 Å². The van der Waals surface area contributed by atoms with Gasteiger partial charge in [-0.05, 0) is 23.6 Å². The molecular formula is C14H8N2O. The Hall–Kier alpha value is -2.60. The summed E-state index contributed by atoms with van der Waals surface area (Å²) in [6, 6.07) is 16.8. The third-order valence-corrected chi connectivity index (χ3v) is 2.89. The highest BCUT2D eigenvalue weighted by Crippen LogP contribution is 2.22. The molecule has 0 aliphatic rings. The van der Waals surface area contributed by atoms with Crippen molar-refractivity contribution in [1.29, 1.82) is 5.26 Å². The topological polar surface area (TPSA) is 50.7 Å². The molecule has 0 bridgehead atoms. The van der Waals surface area contributed by atoms with Crippen LogP contribution in [0.25, 0.3) is 21.7 Å². The lowest BCUT2D eigenvalue weighted by molar-refractivity contribution is -0.579. The van der Waals surface area contributed by atoms with E-state index in [9.17, 15) is 5.21 Å². The van der Waals surface area contributed by atoms with Gasteiger partial charge in [0, 0.05) is 11.5 Å². The number of pyridine rings is 1. The van der Waals surface area contributed by atoms with Gasteiger partial charge in [0.15, 0.2) is 6.07 Å². The number of fused-ring (bicyclic) bond motifs is 3. The van der Waals surface area contributed by atoms with E-state index in [1.165, 1.54) is 0 Å². The van der Waals surface area contributed by atoms with Gasteiger partial charge in [0.2, 0.25) is 5.52 Å². The van der Waals surface area contributed by atoms with Crippen LogP contribution in [0.3, 0.4) is 0 Å². The van der Waals surface area contributed by atoms with E-state index in [-0.39, 0.29) is 5.69 Å². The molecule has 0 aliphatic carbocycles. The van der Waals surface area contributed by atoms with Crippen molar-refractivity contribution >= 4 is 21.7 Å². The van der Waals surface area contributed by atoms with Crippen molar-refractivity contribution in [3.63, 3.8) is 0 Å². The van der Waals surface area contributed by atoms with Gasteiger partial charge in [0.05, 0.1) is 5.39 Å². The molecule has 0 saturated heterocycles. The number of aromatic nitrogens is 1. The average molecular weight is 220 g/mol. The fourth-order valence-corrected chi connectivity index (χ4v) is 2.07. The van der Waals surface area contributed by atoms with Gasteiger partial charge in [0.1, 0.15) is 0 Å². The fraction of sp³-hybridized carbons (Fsp3) is 0. The first kappa shape index (κ1) is 9.61. The zero-order chi connectivity index (χ0) is 11.8. The summed E-state index contributed by atoms with van der Waals surface area (Å²) >= 11 is 0. The lowest BCUT2D eigenvalue weighted by atomic mass is 10.1. The van der Waals surface area contributed by atoms with Crippen LogP contribution >= 0.6 is 0 Å². The molecule has 0 aliphatic heterocycles. The lowest BCUT2D eigenvalue weighted by Crippen LogP contribution is -2.31. The smallest absolute Gasteiger partial charge is 0.295 e. The molecule has 0 atom stereocenters. The van der Waals surface area contributed by atoms with Crippen LogP contribution in [0, 0.1) is 16.5 Å². The molecule has 1 heterocycles. The van der Waals surface area contributed by atoms with Crippen molar-refractivity contribution in [3.05, 3.63) is 59.4 Å². The molecule has 0 N–H and O–H groups in total. The van der Waals surface area contributed by atoms with Crippen molar-refractivity contribution in [2.45, 2.75) is 0 Å². The molecule has 0 unspecified atom stereocenters. The zero-order valence-corrected chi connectivity index (χ0v) is 8.92. The van der Waals surface area contributed by atoms with Crippen molar-refractivity contribution < 1.29 is 4.73 Å². The molecule has 1 aromatic heterocycles. The van der Waals surface area contributed by atoms with E-state index < -0.39 is 0 Å². The Morgan fingerprint density at radius 2 is 1.65 bits per heavy atom. The highest BCUT2D eigenvalue weighted by atomic mass is 16.5. The maximum absolute atomic E-state index is 12.1. The van der Waals surface area contributed by atoms with Gasteiger partial charge >= 0.3 is 0 Å². The first-order valence-corrected chi connectivity index (χ1v) is 5.25.